The molecule has 1 aromatic heterocycles. The highest BCUT2D eigenvalue weighted by Gasteiger charge is 2.12. The fraction of sp³-hybridized carbons (Fsp3) is 0.400. The van der Waals surface area contributed by atoms with Crippen LogP contribution in [0.5, 0.6) is 0 Å². The first-order valence-electron chi connectivity index (χ1n) is 8.96. The molecule has 2 N–H and O–H groups in total. The molecule has 1 fully saturated rings. The Hall–Kier alpha value is -2.43. The number of benzene rings is 1. The van der Waals surface area contributed by atoms with E-state index in [-0.39, 0.29) is 18.1 Å². The maximum Gasteiger partial charge on any atom is 0.229 e. The molecule has 25 heavy (non-hydrogen) atoms. The lowest BCUT2D eigenvalue weighted by atomic mass is 10.1. The number of amides is 1. The lowest BCUT2D eigenvalue weighted by Gasteiger charge is -2.17. The largest absolute Gasteiger partial charge is 0.381 e. The normalized spacial score (nSPS) is 15.4. The van der Waals surface area contributed by atoms with E-state index in [1.807, 2.05) is 6.07 Å². The van der Waals surface area contributed by atoms with Gasteiger partial charge >= 0.3 is 0 Å². The summed E-state index contributed by atoms with van der Waals surface area (Å²) in [6.45, 7) is 0. The quantitative estimate of drug-likeness (QED) is 0.785. The molecule has 1 aliphatic rings. The molecule has 132 valence electrons. The van der Waals surface area contributed by atoms with Gasteiger partial charge in [-0.1, -0.05) is 37.8 Å². The minimum atomic E-state index is -0.336. The number of nitrogens with one attached hydrogen (secondary N) is 2. The summed E-state index contributed by atoms with van der Waals surface area (Å²) in [5.41, 5.74) is 1.62. The molecule has 4 nitrogen and oxygen atoms in total. The molecule has 0 aliphatic heterocycles. The summed E-state index contributed by atoms with van der Waals surface area (Å²) in [7, 11) is 0. The first-order chi connectivity index (χ1) is 12.2. The predicted molar refractivity (Wildman–Crippen MR) is 98.1 cm³/mol. The van der Waals surface area contributed by atoms with Gasteiger partial charge in [0.15, 0.2) is 0 Å². The average Bonchev–Trinajstić information content (AvgIpc) is 2.85. The van der Waals surface area contributed by atoms with Crippen LogP contribution in [0.3, 0.4) is 0 Å². The van der Waals surface area contributed by atoms with E-state index in [0.717, 1.165) is 5.69 Å². The van der Waals surface area contributed by atoms with Gasteiger partial charge in [-0.3, -0.25) is 4.79 Å². The molecule has 0 bridgehead atoms. The van der Waals surface area contributed by atoms with E-state index in [4.69, 9.17) is 0 Å². The highest BCUT2D eigenvalue weighted by atomic mass is 19.1. The van der Waals surface area contributed by atoms with E-state index < -0.39 is 0 Å². The fourth-order valence-corrected chi connectivity index (χ4v) is 3.23. The van der Waals surface area contributed by atoms with Gasteiger partial charge in [0.25, 0.3) is 0 Å². The summed E-state index contributed by atoms with van der Waals surface area (Å²) >= 11 is 0. The number of halogens is 1. The summed E-state index contributed by atoms with van der Waals surface area (Å²) < 4.78 is 13.2. The Morgan fingerprint density at radius 1 is 1.12 bits per heavy atom. The molecule has 0 atom stereocenters. The minimum absolute atomic E-state index is 0.127. The van der Waals surface area contributed by atoms with Crippen LogP contribution in [0.15, 0.2) is 42.6 Å². The fourth-order valence-electron chi connectivity index (χ4n) is 3.23. The number of rotatable bonds is 5. The summed E-state index contributed by atoms with van der Waals surface area (Å²) in [5.74, 6) is -0.0345. The first-order valence-corrected chi connectivity index (χ1v) is 8.96. The third-order valence-corrected chi connectivity index (χ3v) is 4.51. The topological polar surface area (TPSA) is 54.0 Å². The van der Waals surface area contributed by atoms with Crippen molar-refractivity contribution in [2.24, 2.45) is 0 Å². The molecule has 1 saturated carbocycles. The molecule has 0 unspecified atom stereocenters. The third-order valence-electron chi connectivity index (χ3n) is 4.51. The number of nitrogens with zero attached hydrogens (tertiary/aromatic N) is 1. The first kappa shape index (κ1) is 17.4. The van der Waals surface area contributed by atoms with Crippen LogP contribution in [0.1, 0.15) is 44.1 Å². The minimum Gasteiger partial charge on any atom is -0.381 e. The Morgan fingerprint density at radius 3 is 2.60 bits per heavy atom. The van der Waals surface area contributed by atoms with Gasteiger partial charge in [0.2, 0.25) is 5.91 Å². The second-order valence-corrected chi connectivity index (χ2v) is 6.62. The maximum absolute atomic E-state index is 13.2. The summed E-state index contributed by atoms with van der Waals surface area (Å²) in [6.07, 6.45) is 9.49. The molecular weight excluding hydrogens is 317 g/mol. The van der Waals surface area contributed by atoms with E-state index >= 15 is 0 Å². The molecule has 1 aliphatic carbocycles. The van der Waals surface area contributed by atoms with Crippen molar-refractivity contribution in [1.82, 2.24) is 4.98 Å². The van der Waals surface area contributed by atoms with E-state index in [1.54, 1.807) is 24.4 Å². The number of aromatic nitrogens is 1. The number of hydrogen-bond donors (Lipinski definition) is 2. The van der Waals surface area contributed by atoms with Crippen molar-refractivity contribution in [3.8, 4) is 0 Å². The second-order valence-electron chi connectivity index (χ2n) is 6.62. The Kier molecular flexibility index (Phi) is 5.99. The zero-order valence-electron chi connectivity index (χ0n) is 14.3. The van der Waals surface area contributed by atoms with Crippen LogP contribution in [0.4, 0.5) is 15.9 Å². The van der Waals surface area contributed by atoms with Gasteiger partial charge in [-0.15, -0.1) is 0 Å². The summed E-state index contributed by atoms with van der Waals surface area (Å²) in [5, 5.41) is 6.28. The SMILES string of the molecule is O=C(Cc1cccc(F)c1)Nc1ccc(NC2CCCCCC2)cn1. The molecule has 2 aromatic rings. The van der Waals surface area contributed by atoms with Crippen LogP contribution in [0.25, 0.3) is 0 Å². The van der Waals surface area contributed by atoms with Crippen molar-refractivity contribution in [2.75, 3.05) is 10.6 Å². The monoisotopic (exact) mass is 341 g/mol. The van der Waals surface area contributed by atoms with E-state index in [1.165, 1.54) is 50.7 Å². The van der Waals surface area contributed by atoms with Crippen LogP contribution < -0.4 is 10.6 Å². The van der Waals surface area contributed by atoms with Crippen LogP contribution in [0, 0.1) is 5.82 Å². The van der Waals surface area contributed by atoms with Gasteiger partial charge in [0, 0.05) is 6.04 Å². The van der Waals surface area contributed by atoms with Gasteiger partial charge in [0.05, 0.1) is 18.3 Å². The van der Waals surface area contributed by atoms with Gasteiger partial charge in [0.1, 0.15) is 11.6 Å². The molecule has 3 rings (SSSR count). The zero-order chi connectivity index (χ0) is 17.5. The molecule has 0 spiro atoms. The van der Waals surface area contributed by atoms with Crippen molar-refractivity contribution in [2.45, 2.75) is 51.0 Å². The van der Waals surface area contributed by atoms with Crippen molar-refractivity contribution in [3.63, 3.8) is 0 Å². The van der Waals surface area contributed by atoms with Crippen LogP contribution in [-0.2, 0) is 11.2 Å². The Morgan fingerprint density at radius 2 is 1.92 bits per heavy atom. The molecule has 5 heteroatoms. The second kappa shape index (κ2) is 8.60. The summed E-state index contributed by atoms with van der Waals surface area (Å²) in [6, 6.07) is 10.3. The zero-order valence-corrected chi connectivity index (χ0v) is 14.3. The van der Waals surface area contributed by atoms with Gasteiger partial charge in [-0.2, -0.15) is 0 Å². The van der Waals surface area contributed by atoms with E-state index in [2.05, 4.69) is 15.6 Å². The van der Waals surface area contributed by atoms with Gasteiger partial charge in [-0.05, 0) is 42.7 Å². The average molecular weight is 341 g/mol. The molecule has 1 aromatic carbocycles. The predicted octanol–water partition coefficient (Wildman–Crippen LogP) is 4.54. The molecule has 1 amide bonds. The standard InChI is InChI=1S/C20H24FN3O/c21-16-7-5-6-15(12-16)13-20(25)24-19-11-10-18(14-22-19)23-17-8-3-1-2-4-9-17/h5-7,10-12,14,17,23H,1-4,8-9,13H2,(H,22,24,25). The molecule has 1 heterocycles. The van der Waals surface area contributed by atoms with E-state index in [0.29, 0.717) is 17.4 Å². The lowest BCUT2D eigenvalue weighted by Crippen LogP contribution is -2.19. The van der Waals surface area contributed by atoms with Crippen molar-refractivity contribution >= 4 is 17.4 Å². The number of hydrogen-bond acceptors (Lipinski definition) is 3. The lowest BCUT2D eigenvalue weighted by molar-refractivity contribution is -0.115. The number of anilines is 2. The van der Waals surface area contributed by atoms with Crippen LogP contribution >= 0.6 is 0 Å². The van der Waals surface area contributed by atoms with Crippen LogP contribution in [0.2, 0.25) is 0 Å². The Balaban J connectivity index is 1.52. The molecular formula is C20H24FN3O. The van der Waals surface area contributed by atoms with Crippen molar-refractivity contribution in [3.05, 3.63) is 54.0 Å². The highest BCUT2D eigenvalue weighted by molar-refractivity contribution is 5.91. The summed E-state index contributed by atoms with van der Waals surface area (Å²) in [4.78, 5) is 16.3. The number of pyridine rings is 1. The van der Waals surface area contributed by atoms with Crippen molar-refractivity contribution < 1.29 is 9.18 Å². The Bertz CT molecular complexity index is 694. The maximum atomic E-state index is 13.2. The molecule has 0 radical (unpaired) electrons. The van der Waals surface area contributed by atoms with E-state index in [9.17, 15) is 9.18 Å². The van der Waals surface area contributed by atoms with Crippen LogP contribution in [-0.4, -0.2) is 16.9 Å². The van der Waals surface area contributed by atoms with Crippen molar-refractivity contribution in [1.29, 1.82) is 0 Å². The smallest absolute Gasteiger partial charge is 0.229 e. The highest BCUT2D eigenvalue weighted by Crippen LogP contribution is 2.21. The van der Waals surface area contributed by atoms with Gasteiger partial charge in [-0.25, -0.2) is 9.37 Å². The molecule has 0 saturated heterocycles. The number of carbonyl (C=O) groups excluding carboxylic acids is 1. The third kappa shape index (κ3) is 5.55. The Labute approximate surface area is 147 Å². The number of carbonyl (C=O) groups is 1. The van der Waals surface area contributed by atoms with Gasteiger partial charge < -0.3 is 10.6 Å².